The molecular formula is C17H30N6O. The highest BCUT2D eigenvalue weighted by molar-refractivity contribution is 5.74. The predicted molar refractivity (Wildman–Crippen MR) is 92.6 cm³/mol. The molecule has 0 spiro atoms. The SMILES string of the molecule is C[C@@H](Cn1cncn1)NC(=O)N[C@@H]1CCCN(C2CCCCC2)C1. The molecule has 0 aromatic carbocycles. The van der Waals surface area contributed by atoms with E-state index in [0.717, 1.165) is 19.0 Å². The second kappa shape index (κ2) is 8.46. The van der Waals surface area contributed by atoms with Crippen LogP contribution in [0.2, 0.25) is 0 Å². The smallest absolute Gasteiger partial charge is 0.315 e. The Morgan fingerprint density at radius 2 is 2.08 bits per heavy atom. The molecule has 0 unspecified atom stereocenters. The molecule has 3 rings (SSSR count). The van der Waals surface area contributed by atoms with Crippen molar-refractivity contribution in [2.24, 2.45) is 0 Å². The Kier molecular flexibility index (Phi) is 6.07. The van der Waals surface area contributed by atoms with Crippen molar-refractivity contribution >= 4 is 6.03 Å². The van der Waals surface area contributed by atoms with Crippen molar-refractivity contribution in [3.63, 3.8) is 0 Å². The molecule has 2 amide bonds. The third-order valence-electron chi connectivity index (χ3n) is 5.18. The van der Waals surface area contributed by atoms with Gasteiger partial charge in [0.1, 0.15) is 12.7 Å². The lowest BCUT2D eigenvalue weighted by atomic mass is 9.92. The Labute approximate surface area is 144 Å². The van der Waals surface area contributed by atoms with Crippen molar-refractivity contribution in [1.82, 2.24) is 30.3 Å². The van der Waals surface area contributed by atoms with Crippen molar-refractivity contribution in [3.8, 4) is 0 Å². The molecule has 1 saturated carbocycles. The van der Waals surface area contributed by atoms with Crippen molar-refractivity contribution in [1.29, 1.82) is 0 Å². The molecule has 2 heterocycles. The Balaban J connectivity index is 1.41. The van der Waals surface area contributed by atoms with E-state index in [-0.39, 0.29) is 18.1 Å². The van der Waals surface area contributed by atoms with Gasteiger partial charge < -0.3 is 10.6 Å². The maximum absolute atomic E-state index is 12.2. The molecule has 2 aliphatic rings. The number of likely N-dealkylation sites (tertiary alicyclic amines) is 1. The number of piperidine rings is 1. The van der Waals surface area contributed by atoms with Crippen LogP contribution in [0.5, 0.6) is 0 Å². The first kappa shape index (κ1) is 17.2. The standard InChI is InChI=1S/C17H30N6O/c1-14(10-23-13-18-12-19-23)20-17(24)21-15-6-5-9-22(11-15)16-7-3-2-4-8-16/h12-16H,2-11H2,1H3,(H2,20,21,24)/t14-,15+/m0/s1. The van der Waals surface area contributed by atoms with Crippen molar-refractivity contribution in [2.45, 2.75) is 76.5 Å². The van der Waals surface area contributed by atoms with E-state index in [0.29, 0.717) is 6.54 Å². The molecule has 7 nitrogen and oxygen atoms in total. The Morgan fingerprint density at radius 3 is 2.83 bits per heavy atom. The highest BCUT2D eigenvalue weighted by atomic mass is 16.2. The summed E-state index contributed by atoms with van der Waals surface area (Å²) >= 11 is 0. The molecule has 1 aliphatic carbocycles. The third kappa shape index (κ3) is 4.93. The molecule has 0 radical (unpaired) electrons. The number of hydrogen-bond acceptors (Lipinski definition) is 4. The molecule has 1 aromatic rings. The normalized spacial score (nSPS) is 24.5. The maximum atomic E-state index is 12.2. The Bertz CT molecular complexity index is 499. The minimum absolute atomic E-state index is 0.0183. The first-order valence-electron chi connectivity index (χ1n) is 9.34. The first-order valence-corrected chi connectivity index (χ1v) is 9.34. The molecule has 0 bridgehead atoms. The first-order chi connectivity index (χ1) is 11.7. The van der Waals surface area contributed by atoms with E-state index in [9.17, 15) is 4.79 Å². The number of urea groups is 1. The molecule has 24 heavy (non-hydrogen) atoms. The van der Waals surface area contributed by atoms with E-state index in [1.807, 2.05) is 6.92 Å². The zero-order valence-corrected chi connectivity index (χ0v) is 14.7. The van der Waals surface area contributed by atoms with Crippen LogP contribution in [0.25, 0.3) is 0 Å². The fourth-order valence-electron chi connectivity index (χ4n) is 4.01. The average molecular weight is 334 g/mol. The number of carbonyl (C=O) groups excluding carboxylic acids is 1. The van der Waals surface area contributed by atoms with Gasteiger partial charge in [0.15, 0.2) is 0 Å². The van der Waals surface area contributed by atoms with Crippen LogP contribution >= 0.6 is 0 Å². The van der Waals surface area contributed by atoms with Gasteiger partial charge in [-0.3, -0.25) is 9.58 Å². The quantitative estimate of drug-likeness (QED) is 0.860. The van der Waals surface area contributed by atoms with E-state index in [1.165, 1.54) is 51.4 Å². The lowest BCUT2D eigenvalue weighted by Gasteiger charge is -2.40. The summed E-state index contributed by atoms with van der Waals surface area (Å²) in [6.07, 6.45) is 12.2. The van der Waals surface area contributed by atoms with Crippen LogP contribution in [-0.4, -0.2) is 56.9 Å². The number of carbonyl (C=O) groups is 1. The van der Waals surface area contributed by atoms with Crippen molar-refractivity contribution < 1.29 is 4.79 Å². The topological polar surface area (TPSA) is 75.1 Å². The highest BCUT2D eigenvalue weighted by Gasteiger charge is 2.27. The summed E-state index contributed by atoms with van der Waals surface area (Å²) < 4.78 is 1.73. The summed E-state index contributed by atoms with van der Waals surface area (Å²) in [6, 6.07) is 0.944. The van der Waals surface area contributed by atoms with Gasteiger partial charge in [0.25, 0.3) is 0 Å². The Hall–Kier alpha value is -1.63. The molecule has 1 aromatic heterocycles. The van der Waals surface area contributed by atoms with Gasteiger partial charge in [0.05, 0.1) is 6.54 Å². The second-order valence-electron chi connectivity index (χ2n) is 7.26. The van der Waals surface area contributed by atoms with Crippen molar-refractivity contribution in [2.75, 3.05) is 13.1 Å². The number of amides is 2. The molecule has 7 heteroatoms. The number of rotatable bonds is 5. The second-order valence-corrected chi connectivity index (χ2v) is 7.26. The minimum atomic E-state index is -0.0712. The molecule has 1 aliphatic heterocycles. The van der Waals surface area contributed by atoms with E-state index >= 15 is 0 Å². The highest BCUT2D eigenvalue weighted by Crippen LogP contribution is 2.25. The third-order valence-corrected chi connectivity index (χ3v) is 5.18. The van der Waals surface area contributed by atoms with E-state index in [2.05, 4.69) is 25.6 Å². The molecule has 2 fully saturated rings. The van der Waals surface area contributed by atoms with Gasteiger partial charge >= 0.3 is 6.03 Å². The lowest BCUT2D eigenvalue weighted by molar-refractivity contribution is 0.112. The monoisotopic (exact) mass is 334 g/mol. The zero-order valence-electron chi connectivity index (χ0n) is 14.7. The molecule has 2 atom stereocenters. The largest absolute Gasteiger partial charge is 0.334 e. The van der Waals surface area contributed by atoms with E-state index in [4.69, 9.17) is 0 Å². The van der Waals surface area contributed by atoms with Crippen LogP contribution in [0, 0.1) is 0 Å². The summed E-state index contributed by atoms with van der Waals surface area (Å²) in [5.41, 5.74) is 0. The summed E-state index contributed by atoms with van der Waals surface area (Å²) in [5, 5.41) is 10.2. The molecule has 2 N–H and O–H groups in total. The number of aromatic nitrogens is 3. The van der Waals surface area contributed by atoms with Gasteiger partial charge in [-0.25, -0.2) is 9.78 Å². The Morgan fingerprint density at radius 1 is 1.25 bits per heavy atom. The maximum Gasteiger partial charge on any atom is 0.315 e. The number of nitrogens with zero attached hydrogens (tertiary/aromatic N) is 4. The lowest BCUT2D eigenvalue weighted by Crippen LogP contribution is -2.54. The van der Waals surface area contributed by atoms with Gasteiger partial charge in [0, 0.05) is 24.7 Å². The van der Waals surface area contributed by atoms with Gasteiger partial charge in [0.2, 0.25) is 0 Å². The summed E-state index contributed by atoms with van der Waals surface area (Å²) in [4.78, 5) is 18.8. The molecule has 1 saturated heterocycles. The average Bonchev–Trinajstić information content (AvgIpc) is 3.08. The van der Waals surface area contributed by atoms with Crippen LogP contribution in [0.4, 0.5) is 4.79 Å². The van der Waals surface area contributed by atoms with Crippen LogP contribution in [0.3, 0.4) is 0 Å². The summed E-state index contributed by atoms with van der Waals surface area (Å²) in [7, 11) is 0. The van der Waals surface area contributed by atoms with E-state index in [1.54, 1.807) is 11.0 Å². The van der Waals surface area contributed by atoms with Crippen LogP contribution in [-0.2, 0) is 6.54 Å². The predicted octanol–water partition coefficient (Wildman–Crippen LogP) is 1.76. The van der Waals surface area contributed by atoms with Crippen LogP contribution in [0.1, 0.15) is 51.9 Å². The summed E-state index contributed by atoms with van der Waals surface area (Å²) in [5.74, 6) is 0. The fraction of sp³-hybridized carbons (Fsp3) is 0.824. The summed E-state index contributed by atoms with van der Waals surface area (Å²) in [6.45, 7) is 4.80. The minimum Gasteiger partial charge on any atom is -0.334 e. The van der Waals surface area contributed by atoms with E-state index < -0.39 is 0 Å². The van der Waals surface area contributed by atoms with Crippen LogP contribution < -0.4 is 10.6 Å². The van der Waals surface area contributed by atoms with Gasteiger partial charge in [-0.05, 0) is 39.2 Å². The number of nitrogens with one attached hydrogen (secondary N) is 2. The molecule has 134 valence electrons. The van der Waals surface area contributed by atoms with Gasteiger partial charge in [-0.1, -0.05) is 19.3 Å². The fourth-order valence-corrected chi connectivity index (χ4v) is 4.01. The zero-order chi connectivity index (χ0) is 16.8. The molecular weight excluding hydrogens is 304 g/mol. The van der Waals surface area contributed by atoms with Crippen molar-refractivity contribution in [3.05, 3.63) is 12.7 Å². The van der Waals surface area contributed by atoms with Gasteiger partial charge in [-0.15, -0.1) is 0 Å². The number of hydrogen-bond donors (Lipinski definition) is 2. The van der Waals surface area contributed by atoms with Crippen LogP contribution in [0.15, 0.2) is 12.7 Å². The van der Waals surface area contributed by atoms with Gasteiger partial charge in [-0.2, -0.15) is 5.10 Å².